The Hall–Kier alpha value is 1.22. The Morgan fingerprint density at radius 2 is 0.978 bits per heavy atom. The minimum Gasteiger partial charge on any atom is -0.716 e. The zero-order valence-electron chi connectivity index (χ0n) is 24.2. The van der Waals surface area contributed by atoms with E-state index < -0.39 is 101 Å². The summed E-state index contributed by atoms with van der Waals surface area (Å²) in [6.45, 7) is -0.782. The van der Waals surface area contributed by atoms with E-state index in [1.165, 1.54) is 0 Å². The van der Waals surface area contributed by atoms with Crippen molar-refractivity contribution < 1.29 is 231 Å². The summed E-state index contributed by atoms with van der Waals surface area (Å²) in [5.41, 5.74) is -1.01. The number of hydrogen-bond donors (Lipinski definition) is 0. The Labute approximate surface area is 372 Å². The van der Waals surface area contributed by atoms with Crippen LogP contribution >= 0.6 is 0 Å². The molecular weight excluding hydrogens is 765 g/mol. The fraction of sp³-hybridized carbons (Fsp3) is 0.176. The molecule has 1 amide bonds. The number of benzene rings is 2. The van der Waals surface area contributed by atoms with E-state index in [0.29, 0.717) is 35.2 Å². The Bertz CT molecular complexity index is 1870. The molecule has 0 saturated heterocycles. The van der Waals surface area contributed by atoms with Crippen molar-refractivity contribution in [1.29, 1.82) is 0 Å². The van der Waals surface area contributed by atoms with Crippen molar-refractivity contribution in [2.24, 2.45) is 0 Å². The van der Waals surface area contributed by atoms with Gasteiger partial charge in [0.25, 0.3) is 47.5 Å². The second-order valence-corrected chi connectivity index (χ2v) is 11.6. The zero-order valence-corrected chi connectivity index (χ0v) is 37.5. The van der Waals surface area contributed by atoms with E-state index in [-0.39, 0.29) is 159 Å². The van der Waals surface area contributed by atoms with Crippen molar-refractivity contribution in [3.63, 3.8) is 0 Å². The smallest absolute Gasteiger partial charge is 0.716 e. The number of carboxylic acids is 1. The second kappa shape index (κ2) is 19.7. The number of amides is 1. The molecule has 0 unspecified atom stereocenters. The predicted molar refractivity (Wildman–Crippen MR) is 117 cm³/mol. The molecule has 2 aromatic rings. The van der Waals surface area contributed by atoms with Gasteiger partial charge in [0.2, 0.25) is 0 Å². The van der Waals surface area contributed by atoms with Crippen LogP contribution in [0, 0.1) is 0 Å². The maximum Gasteiger partial charge on any atom is 1.00 e. The molecule has 0 radical (unpaired) electrons. The number of hydrogen-bond acceptors (Lipinski definition) is 19. The van der Waals surface area contributed by atoms with Crippen molar-refractivity contribution in [2.75, 3.05) is 0 Å². The average molecular weight is 775 g/mol. The molecule has 0 bridgehead atoms. The molecule has 0 fully saturated rings. The summed E-state index contributed by atoms with van der Waals surface area (Å²) in [6.07, 6.45) is -0.711. The Morgan fingerprint density at radius 3 is 1.37 bits per heavy atom. The van der Waals surface area contributed by atoms with Gasteiger partial charge in [-0.25, -0.2) is 33.7 Å². The first-order valence-corrected chi connectivity index (χ1v) is 15.3. The molecule has 0 aromatic heterocycles. The molecule has 3 rings (SSSR count). The SMILES string of the molecule is O=C([O-])[C@@H]1Cc2cc(OS(=O)(=O)[O-])c(OS(=O)(=O)[O-])cc2CN1C(=O)c1ccc(OS(=O)(=O)[O-])c(OS(=O)(=O)[O-])c1.[Na+].[Na+].[Na+].[Na+].[Na+]. The average Bonchev–Trinajstić information content (AvgIpc) is 2.75. The van der Waals surface area contributed by atoms with Gasteiger partial charge in [-0.15, -0.1) is 0 Å². The molecule has 226 valence electrons. The molecule has 2 aromatic carbocycles. The van der Waals surface area contributed by atoms with E-state index in [1.807, 2.05) is 0 Å². The fourth-order valence-electron chi connectivity index (χ4n) is 3.53. The van der Waals surface area contributed by atoms with Crippen LogP contribution in [0.1, 0.15) is 21.5 Å². The third-order valence-electron chi connectivity index (χ3n) is 4.89. The van der Waals surface area contributed by atoms with Crippen LogP contribution in [0.5, 0.6) is 23.0 Å². The fourth-order valence-corrected chi connectivity index (χ4v) is 4.94. The molecule has 1 heterocycles. The summed E-state index contributed by atoms with van der Waals surface area (Å²) in [7, 11) is -22.4. The minimum atomic E-state index is -5.65. The van der Waals surface area contributed by atoms with Crippen molar-refractivity contribution >= 4 is 53.5 Å². The molecule has 0 N–H and O–H groups in total. The number of aliphatic carboxylic acids is 1. The molecule has 1 aliphatic rings. The van der Waals surface area contributed by atoms with E-state index in [0.717, 1.165) is 0 Å². The summed E-state index contributed by atoms with van der Waals surface area (Å²) >= 11 is 0. The Balaban J connectivity index is -0.00000370. The number of carbonyl (C=O) groups excluding carboxylic acids is 2. The Morgan fingerprint density at radius 1 is 0.609 bits per heavy atom. The minimum absolute atomic E-state index is 0. The number of rotatable bonds is 10. The summed E-state index contributed by atoms with van der Waals surface area (Å²) in [6, 6.07) is 1.05. The molecule has 29 heteroatoms. The van der Waals surface area contributed by atoms with Crippen LogP contribution in [0.4, 0.5) is 0 Å². The van der Waals surface area contributed by atoms with Gasteiger partial charge in [0, 0.05) is 12.1 Å². The molecule has 1 atom stereocenters. The van der Waals surface area contributed by atoms with Crippen LogP contribution in [0.25, 0.3) is 0 Å². The van der Waals surface area contributed by atoms with Gasteiger partial charge in [0.05, 0.1) is 12.0 Å². The van der Waals surface area contributed by atoms with Gasteiger partial charge in [-0.1, -0.05) is 0 Å². The maximum absolute atomic E-state index is 13.2. The van der Waals surface area contributed by atoms with Gasteiger partial charge in [-0.05, 0) is 47.9 Å². The third-order valence-corrected chi connectivity index (χ3v) is 6.42. The van der Waals surface area contributed by atoms with Crippen molar-refractivity contribution in [2.45, 2.75) is 19.0 Å². The molecular formula is C17H10NNa5O19S4. The molecule has 20 nitrogen and oxygen atoms in total. The number of fused-ring (bicyclic) bond motifs is 1. The van der Waals surface area contributed by atoms with Gasteiger partial charge in [0.1, 0.15) is 0 Å². The number of carbonyl (C=O) groups is 2. The molecule has 0 spiro atoms. The van der Waals surface area contributed by atoms with Gasteiger partial charge in [0.15, 0.2) is 23.0 Å². The van der Waals surface area contributed by atoms with Crippen LogP contribution in [0.15, 0.2) is 30.3 Å². The van der Waals surface area contributed by atoms with Crippen LogP contribution in [-0.4, -0.2) is 74.7 Å². The third kappa shape index (κ3) is 16.1. The monoisotopic (exact) mass is 775 g/mol. The zero-order chi connectivity index (χ0) is 31.1. The quantitative estimate of drug-likeness (QED) is 0.123. The van der Waals surface area contributed by atoms with Gasteiger partial charge >= 0.3 is 148 Å². The van der Waals surface area contributed by atoms with Crippen LogP contribution in [0.2, 0.25) is 0 Å². The van der Waals surface area contributed by atoms with E-state index >= 15 is 0 Å². The first-order valence-electron chi connectivity index (χ1n) is 9.94. The largest absolute Gasteiger partial charge is 1.00 e. The number of nitrogens with zero attached hydrogens (tertiary/aromatic N) is 1. The van der Waals surface area contributed by atoms with Crippen molar-refractivity contribution in [1.82, 2.24) is 4.90 Å². The summed E-state index contributed by atoms with van der Waals surface area (Å²) in [4.78, 5) is 25.6. The first kappa shape index (κ1) is 51.6. The molecule has 0 saturated carbocycles. The maximum atomic E-state index is 13.2. The predicted octanol–water partition coefficient (Wildman–Crippen LogP) is -18.6. The normalized spacial score (nSPS) is 14.2. The van der Waals surface area contributed by atoms with Gasteiger partial charge < -0.3 is 49.7 Å². The molecule has 46 heavy (non-hydrogen) atoms. The summed E-state index contributed by atoms with van der Waals surface area (Å²) in [5, 5.41) is 11.8. The van der Waals surface area contributed by atoms with E-state index in [9.17, 15) is 66.6 Å². The van der Waals surface area contributed by atoms with Crippen molar-refractivity contribution in [3.05, 3.63) is 47.0 Å². The molecule has 1 aliphatic heterocycles. The Kier molecular flexibility index (Phi) is 22.1. The topological polar surface area (TPSA) is 326 Å². The van der Waals surface area contributed by atoms with Gasteiger partial charge in [-0.2, -0.15) is 0 Å². The number of carboxylic acid groups (broad SMARTS) is 1. The van der Waals surface area contributed by atoms with Crippen LogP contribution < -0.4 is 170 Å². The summed E-state index contributed by atoms with van der Waals surface area (Å²) < 4.78 is 148. The molecule has 0 aliphatic carbocycles. The standard InChI is InChI=1S/C17H15NO19S4.5Na/c19-16(8-1-2-12(34-38(22,23)24)13(4-8)35-39(25,26)27)18-7-10-6-15(37-41(31,32)33)14(36-40(28,29)30)5-9(10)3-11(18)17(20)21;;;;;/h1-2,4-6,11H,3,7H2,(H,20,21)(H,22,23,24)(H,25,26,27)(H,28,29,30)(H,31,32,33);;;;;/q;5*+1/p-5/t11-;;;;;/m0...../s1. The van der Waals surface area contributed by atoms with E-state index in [4.69, 9.17) is 0 Å². The summed E-state index contributed by atoms with van der Waals surface area (Å²) in [5.74, 6) is -7.85. The van der Waals surface area contributed by atoms with E-state index in [1.54, 1.807) is 0 Å². The van der Waals surface area contributed by atoms with Gasteiger partial charge in [-0.3, -0.25) is 4.79 Å². The van der Waals surface area contributed by atoms with Crippen molar-refractivity contribution in [3.8, 4) is 23.0 Å². The second-order valence-electron chi connectivity index (χ2n) is 7.67. The van der Waals surface area contributed by atoms with Crippen LogP contribution in [-0.2, 0) is 59.4 Å². The van der Waals surface area contributed by atoms with Crippen LogP contribution in [0.3, 0.4) is 0 Å². The first-order chi connectivity index (χ1) is 18.5. The van der Waals surface area contributed by atoms with E-state index in [2.05, 4.69) is 16.7 Å².